The second-order valence-corrected chi connectivity index (χ2v) is 4.27. The Morgan fingerprint density at radius 2 is 2.14 bits per heavy atom. The van der Waals surface area contributed by atoms with Gasteiger partial charge in [-0.1, -0.05) is 6.92 Å². The molecule has 1 aliphatic rings. The zero-order valence-electron chi connectivity index (χ0n) is 9.08. The molecule has 0 aromatic heterocycles. The Morgan fingerprint density at radius 1 is 1.50 bits per heavy atom. The Hall–Kier alpha value is -0.660. The molecule has 0 aromatic carbocycles. The largest absolute Gasteiger partial charge is 0.378 e. The van der Waals surface area contributed by atoms with Gasteiger partial charge in [-0.15, -0.1) is 0 Å². The van der Waals surface area contributed by atoms with Crippen molar-refractivity contribution < 1.29 is 9.53 Å². The van der Waals surface area contributed by atoms with E-state index in [9.17, 15) is 4.79 Å². The average molecular weight is 197 g/mol. The molecule has 1 rings (SSSR count). The van der Waals surface area contributed by atoms with Crippen LogP contribution in [0.25, 0.3) is 0 Å². The maximum absolute atomic E-state index is 10.2. The van der Waals surface area contributed by atoms with Gasteiger partial charge < -0.3 is 4.74 Å². The van der Waals surface area contributed by atoms with E-state index in [2.05, 4.69) is 11.9 Å². The Kier molecular flexibility index (Phi) is 4.30. The van der Waals surface area contributed by atoms with Gasteiger partial charge in [0.15, 0.2) is 0 Å². The summed E-state index contributed by atoms with van der Waals surface area (Å²) in [5, 5.41) is 0. The van der Waals surface area contributed by atoms with Gasteiger partial charge in [0.05, 0.1) is 11.6 Å². The topological polar surface area (TPSA) is 38.7 Å². The van der Waals surface area contributed by atoms with Gasteiger partial charge in [0.25, 0.3) is 0 Å². The number of hydrogen-bond donors (Lipinski definition) is 0. The summed E-state index contributed by atoms with van der Waals surface area (Å²) in [5.74, 6) is 0. The molecule has 0 radical (unpaired) electrons. The van der Waals surface area contributed by atoms with Crippen LogP contribution in [0.1, 0.15) is 46.0 Å². The summed E-state index contributed by atoms with van der Waals surface area (Å²) in [6, 6.07) is 0. The van der Waals surface area contributed by atoms with Crippen LogP contribution in [0.3, 0.4) is 0 Å². The molecule has 0 atom stereocenters. The summed E-state index contributed by atoms with van der Waals surface area (Å²) in [6.07, 6.45) is 7.03. The third-order valence-corrected chi connectivity index (χ3v) is 2.88. The van der Waals surface area contributed by atoms with Crippen molar-refractivity contribution in [1.29, 1.82) is 0 Å². The van der Waals surface area contributed by atoms with E-state index in [1.165, 1.54) is 0 Å². The second kappa shape index (κ2) is 5.28. The van der Waals surface area contributed by atoms with Gasteiger partial charge in [-0.25, -0.2) is 4.79 Å². The van der Waals surface area contributed by atoms with Gasteiger partial charge in [0.2, 0.25) is 6.08 Å². The number of hydrogen-bond acceptors (Lipinski definition) is 3. The normalized spacial score (nSPS) is 32.3. The number of aliphatic imine (C=N–C) groups is 1. The summed E-state index contributed by atoms with van der Waals surface area (Å²) in [6.45, 7) is 4.98. The van der Waals surface area contributed by atoms with Crippen LogP contribution in [0.5, 0.6) is 0 Å². The highest BCUT2D eigenvalue weighted by Gasteiger charge is 2.30. The first-order chi connectivity index (χ1) is 6.70. The first-order valence-electron chi connectivity index (χ1n) is 5.41. The lowest BCUT2D eigenvalue weighted by molar-refractivity contribution is 0.0162. The smallest absolute Gasteiger partial charge is 0.235 e. The Balaban J connectivity index is 2.33. The molecule has 0 aromatic rings. The van der Waals surface area contributed by atoms with Gasteiger partial charge in [-0.05, 0) is 39.0 Å². The number of carbonyl (C=O) groups excluding carboxylic acids is 1. The molecule has 1 fully saturated rings. The SMILES string of the molecule is CCCO[C@H]1CC[C@](C)(N=C=O)CC1. The van der Waals surface area contributed by atoms with Crippen molar-refractivity contribution in [3.05, 3.63) is 0 Å². The molecule has 0 spiro atoms. The van der Waals surface area contributed by atoms with Crippen LogP contribution in [0, 0.1) is 0 Å². The monoisotopic (exact) mass is 197 g/mol. The van der Waals surface area contributed by atoms with E-state index >= 15 is 0 Å². The highest BCUT2D eigenvalue weighted by Crippen LogP contribution is 2.32. The quantitative estimate of drug-likeness (QED) is 0.513. The zero-order chi connectivity index (χ0) is 10.4. The number of ether oxygens (including phenoxy) is 1. The minimum atomic E-state index is -0.173. The average Bonchev–Trinajstić information content (AvgIpc) is 2.17. The predicted molar refractivity (Wildman–Crippen MR) is 55.0 cm³/mol. The minimum absolute atomic E-state index is 0.173. The molecule has 1 saturated carbocycles. The van der Waals surface area contributed by atoms with E-state index in [-0.39, 0.29) is 5.54 Å². The molecule has 3 heteroatoms. The van der Waals surface area contributed by atoms with Crippen molar-refractivity contribution in [2.75, 3.05) is 6.61 Å². The molecule has 0 unspecified atom stereocenters. The van der Waals surface area contributed by atoms with E-state index in [4.69, 9.17) is 4.74 Å². The van der Waals surface area contributed by atoms with Gasteiger partial charge >= 0.3 is 0 Å². The molecule has 0 aliphatic heterocycles. The minimum Gasteiger partial charge on any atom is -0.378 e. The first-order valence-corrected chi connectivity index (χ1v) is 5.41. The van der Waals surface area contributed by atoms with Crippen LogP contribution in [0.15, 0.2) is 4.99 Å². The maximum atomic E-state index is 10.2. The van der Waals surface area contributed by atoms with E-state index in [1.54, 1.807) is 6.08 Å². The third kappa shape index (κ3) is 3.24. The molecule has 0 heterocycles. The molecule has 80 valence electrons. The van der Waals surface area contributed by atoms with Gasteiger partial charge in [-0.3, -0.25) is 0 Å². The molecule has 14 heavy (non-hydrogen) atoms. The molecular weight excluding hydrogens is 178 g/mol. The van der Waals surface area contributed by atoms with Crippen molar-refractivity contribution in [2.45, 2.75) is 57.6 Å². The van der Waals surface area contributed by atoms with Crippen LogP contribution < -0.4 is 0 Å². The molecule has 3 nitrogen and oxygen atoms in total. The fourth-order valence-electron chi connectivity index (χ4n) is 1.89. The number of rotatable bonds is 4. The van der Waals surface area contributed by atoms with Gasteiger partial charge in [-0.2, -0.15) is 4.99 Å². The highest BCUT2D eigenvalue weighted by molar-refractivity contribution is 5.34. The van der Waals surface area contributed by atoms with Crippen molar-refractivity contribution >= 4 is 6.08 Å². The summed E-state index contributed by atoms with van der Waals surface area (Å²) < 4.78 is 5.66. The van der Waals surface area contributed by atoms with Crippen LogP contribution in [0.2, 0.25) is 0 Å². The van der Waals surface area contributed by atoms with Crippen molar-refractivity contribution in [2.24, 2.45) is 4.99 Å². The predicted octanol–water partition coefficient (Wildman–Crippen LogP) is 2.45. The molecule has 0 saturated heterocycles. The van der Waals surface area contributed by atoms with E-state index in [0.717, 1.165) is 38.7 Å². The molecule has 1 aliphatic carbocycles. The second-order valence-electron chi connectivity index (χ2n) is 4.27. The van der Waals surface area contributed by atoms with E-state index < -0.39 is 0 Å². The van der Waals surface area contributed by atoms with Crippen LogP contribution in [0.4, 0.5) is 0 Å². The highest BCUT2D eigenvalue weighted by atomic mass is 16.5. The van der Waals surface area contributed by atoms with Crippen molar-refractivity contribution in [3.8, 4) is 0 Å². The third-order valence-electron chi connectivity index (χ3n) is 2.88. The summed E-state index contributed by atoms with van der Waals surface area (Å²) in [7, 11) is 0. The fraction of sp³-hybridized carbons (Fsp3) is 0.909. The summed E-state index contributed by atoms with van der Waals surface area (Å²) in [4.78, 5) is 14.1. The molecule has 0 bridgehead atoms. The van der Waals surface area contributed by atoms with Crippen LogP contribution in [-0.2, 0) is 9.53 Å². The van der Waals surface area contributed by atoms with Crippen LogP contribution in [-0.4, -0.2) is 24.3 Å². The Bertz CT molecular complexity index is 213. The summed E-state index contributed by atoms with van der Waals surface area (Å²) >= 11 is 0. The lowest BCUT2D eigenvalue weighted by atomic mass is 9.82. The van der Waals surface area contributed by atoms with E-state index in [1.807, 2.05) is 6.92 Å². The van der Waals surface area contributed by atoms with Gasteiger partial charge in [0.1, 0.15) is 0 Å². The Labute approximate surface area is 85.6 Å². The Morgan fingerprint density at radius 3 is 2.64 bits per heavy atom. The van der Waals surface area contributed by atoms with Gasteiger partial charge in [0, 0.05) is 6.61 Å². The molecular formula is C11H19NO2. The van der Waals surface area contributed by atoms with Crippen molar-refractivity contribution in [3.63, 3.8) is 0 Å². The molecule has 0 N–H and O–H groups in total. The van der Waals surface area contributed by atoms with E-state index in [0.29, 0.717) is 6.10 Å². The first kappa shape index (κ1) is 11.4. The number of isocyanates is 1. The number of nitrogens with zero attached hydrogens (tertiary/aromatic N) is 1. The zero-order valence-corrected chi connectivity index (χ0v) is 9.08. The maximum Gasteiger partial charge on any atom is 0.235 e. The fourth-order valence-corrected chi connectivity index (χ4v) is 1.89. The standard InChI is InChI=1S/C11H19NO2/c1-3-8-14-10-4-6-11(2,7-5-10)12-9-13/h10H,3-8H2,1-2H3/t10-,11-. The molecule has 0 amide bonds. The lowest BCUT2D eigenvalue weighted by Gasteiger charge is -2.32. The van der Waals surface area contributed by atoms with Crippen LogP contribution >= 0.6 is 0 Å². The van der Waals surface area contributed by atoms with Crippen molar-refractivity contribution in [1.82, 2.24) is 0 Å². The lowest BCUT2D eigenvalue weighted by Crippen LogP contribution is -2.32. The summed E-state index contributed by atoms with van der Waals surface area (Å²) in [5.41, 5.74) is -0.173.